The Labute approximate surface area is 232 Å². The minimum Gasteiger partial charge on any atom is -0.352 e. The molecule has 3 aromatic rings. The summed E-state index contributed by atoms with van der Waals surface area (Å²) in [5.41, 5.74) is 3.51. The van der Waals surface area contributed by atoms with Crippen LogP contribution in [0.1, 0.15) is 43.4 Å². The quantitative estimate of drug-likeness (QED) is 0.335. The summed E-state index contributed by atoms with van der Waals surface area (Å²) in [6.07, 6.45) is 1.95. The number of anilines is 1. The van der Waals surface area contributed by atoms with Crippen LogP contribution in [-0.4, -0.2) is 50.0 Å². The molecule has 1 N–H and O–H groups in total. The number of hydrogen-bond donors (Lipinski definition) is 1. The van der Waals surface area contributed by atoms with Crippen molar-refractivity contribution >= 4 is 27.5 Å². The van der Waals surface area contributed by atoms with Crippen LogP contribution in [0.25, 0.3) is 0 Å². The molecular weight excluding hydrogens is 510 g/mol. The number of nitrogens with one attached hydrogen (secondary N) is 1. The molecule has 0 radical (unpaired) electrons. The Morgan fingerprint density at radius 2 is 1.46 bits per heavy atom. The minimum absolute atomic E-state index is 0.0830. The number of benzene rings is 3. The smallest absolute Gasteiger partial charge is 0.243 e. The number of sulfonamides is 1. The standard InChI is InChI=1S/C31H39N3O4S/c1-24(2)32-31(36)29(22-26-15-7-5-8-16-26)33(23-27-17-12-11-14-25(27)3)30(35)20-13-21-34(39(4,37)38)28-18-9-6-10-19-28/h5-12,14-19,24,29H,13,20-23H2,1-4H3,(H,32,36). The molecule has 7 nitrogen and oxygen atoms in total. The topological polar surface area (TPSA) is 86.8 Å². The van der Waals surface area contributed by atoms with E-state index >= 15 is 0 Å². The molecule has 3 rings (SSSR count). The van der Waals surface area contributed by atoms with Crippen molar-refractivity contribution in [1.29, 1.82) is 0 Å². The van der Waals surface area contributed by atoms with Crippen molar-refractivity contribution in [1.82, 2.24) is 10.2 Å². The monoisotopic (exact) mass is 549 g/mol. The summed E-state index contributed by atoms with van der Waals surface area (Å²) in [5, 5.41) is 2.99. The van der Waals surface area contributed by atoms with Crippen molar-refractivity contribution in [2.45, 2.75) is 58.7 Å². The van der Waals surface area contributed by atoms with Gasteiger partial charge >= 0.3 is 0 Å². The molecule has 39 heavy (non-hydrogen) atoms. The van der Waals surface area contributed by atoms with Gasteiger partial charge in [-0.1, -0.05) is 72.8 Å². The highest BCUT2D eigenvalue weighted by Crippen LogP contribution is 2.21. The van der Waals surface area contributed by atoms with Gasteiger partial charge in [-0.15, -0.1) is 0 Å². The van der Waals surface area contributed by atoms with Gasteiger partial charge < -0.3 is 10.2 Å². The summed E-state index contributed by atoms with van der Waals surface area (Å²) in [7, 11) is -3.53. The van der Waals surface area contributed by atoms with E-state index in [0.717, 1.165) is 16.7 Å². The van der Waals surface area contributed by atoms with Crippen LogP contribution >= 0.6 is 0 Å². The molecular formula is C31H39N3O4S. The molecule has 0 heterocycles. The van der Waals surface area contributed by atoms with Crippen molar-refractivity contribution in [3.63, 3.8) is 0 Å². The first-order valence-electron chi connectivity index (χ1n) is 13.3. The lowest BCUT2D eigenvalue weighted by molar-refractivity contribution is -0.141. The number of nitrogens with zero attached hydrogens (tertiary/aromatic N) is 2. The fourth-order valence-electron chi connectivity index (χ4n) is 4.50. The summed E-state index contributed by atoms with van der Waals surface area (Å²) in [6, 6.07) is 25.6. The molecule has 2 amide bonds. The SMILES string of the molecule is Cc1ccccc1CN(C(=O)CCCN(c1ccccc1)S(C)(=O)=O)C(Cc1ccccc1)C(=O)NC(C)C. The van der Waals surface area contributed by atoms with E-state index in [-0.39, 0.29) is 37.4 Å². The van der Waals surface area contributed by atoms with E-state index in [0.29, 0.717) is 18.5 Å². The average Bonchev–Trinajstić information content (AvgIpc) is 2.89. The maximum absolute atomic E-state index is 13.8. The first-order chi connectivity index (χ1) is 18.6. The lowest BCUT2D eigenvalue weighted by Gasteiger charge is -2.33. The second-order valence-electron chi connectivity index (χ2n) is 10.1. The van der Waals surface area contributed by atoms with Crippen molar-refractivity contribution in [2.24, 2.45) is 0 Å². The zero-order valence-corrected chi connectivity index (χ0v) is 24.0. The van der Waals surface area contributed by atoms with Gasteiger partial charge in [0, 0.05) is 32.0 Å². The third-order valence-corrected chi connectivity index (χ3v) is 7.69. The van der Waals surface area contributed by atoms with Crippen LogP contribution in [0.5, 0.6) is 0 Å². The van der Waals surface area contributed by atoms with Gasteiger partial charge in [0.2, 0.25) is 21.8 Å². The van der Waals surface area contributed by atoms with Gasteiger partial charge in [-0.25, -0.2) is 8.42 Å². The number of carbonyl (C=O) groups excluding carboxylic acids is 2. The Morgan fingerprint density at radius 3 is 2.05 bits per heavy atom. The molecule has 1 unspecified atom stereocenters. The first-order valence-corrected chi connectivity index (χ1v) is 15.1. The molecule has 3 aromatic carbocycles. The predicted octanol–water partition coefficient (Wildman–Crippen LogP) is 4.71. The Morgan fingerprint density at radius 1 is 0.872 bits per heavy atom. The first kappa shape index (κ1) is 29.9. The third kappa shape index (κ3) is 8.96. The van der Waals surface area contributed by atoms with Gasteiger partial charge in [0.15, 0.2) is 0 Å². The second kappa shape index (κ2) is 13.9. The molecule has 0 fully saturated rings. The van der Waals surface area contributed by atoms with Gasteiger partial charge in [0.1, 0.15) is 6.04 Å². The number of amides is 2. The van der Waals surface area contributed by atoms with E-state index in [1.807, 2.05) is 81.4 Å². The van der Waals surface area contributed by atoms with Crippen LogP contribution in [0, 0.1) is 6.92 Å². The Hall–Kier alpha value is -3.65. The van der Waals surface area contributed by atoms with E-state index in [1.165, 1.54) is 10.6 Å². The highest BCUT2D eigenvalue weighted by Gasteiger charge is 2.31. The second-order valence-corrected chi connectivity index (χ2v) is 12.0. The van der Waals surface area contributed by atoms with Crippen molar-refractivity contribution in [3.05, 3.63) is 102 Å². The van der Waals surface area contributed by atoms with Gasteiger partial charge in [-0.2, -0.15) is 0 Å². The number of rotatable bonds is 13. The highest BCUT2D eigenvalue weighted by atomic mass is 32.2. The fraction of sp³-hybridized carbons (Fsp3) is 0.355. The van der Waals surface area contributed by atoms with E-state index in [4.69, 9.17) is 0 Å². The molecule has 0 aliphatic carbocycles. The summed E-state index contributed by atoms with van der Waals surface area (Å²) >= 11 is 0. The van der Waals surface area contributed by atoms with E-state index in [2.05, 4.69) is 5.32 Å². The largest absolute Gasteiger partial charge is 0.352 e. The lowest BCUT2D eigenvalue weighted by atomic mass is 10.0. The van der Waals surface area contributed by atoms with Crippen molar-refractivity contribution in [3.8, 4) is 0 Å². The molecule has 0 spiro atoms. The van der Waals surface area contributed by atoms with Crippen LogP contribution in [0.3, 0.4) is 0 Å². The van der Waals surface area contributed by atoms with Gasteiger partial charge in [0.25, 0.3) is 0 Å². The Bertz CT molecular complexity index is 1330. The van der Waals surface area contributed by atoms with E-state index in [9.17, 15) is 18.0 Å². The average molecular weight is 550 g/mol. The molecule has 0 aromatic heterocycles. The Kier molecular flexibility index (Phi) is 10.7. The van der Waals surface area contributed by atoms with Crippen molar-refractivity contribution < 1.29 is 18.0 Å². The maximum Gasteiger partial charge on any atom is 0.243 e. The molecule has 0 aliphatic heterocycles. The molecule has 0 bridgehead atoms. The van der Waals surface area contributed by atoms with Gasteiger partial charge in [0.05, 0.1) is 11.9 Å². The summed E-state index contributed by atoms with van der Waals surface area (Å²) in [6.45, 7) is 6.22. The molecule has 208 valence electrons. The lowest BCUT2D eigenvalue weighted by Crippen LogP contribution is -2.52. The third-order valence-electron chi connectivity index (χ3n) is 6.50. The molecule has 8 heteroatoms. The zero-order valence-electron chi connectivity index (χ0n) is 23.2. The van der Waals surface area contributed by atoms with Crippen LogP contribution in [-0.2, 0) is 32.6 Å². The minimum atomic E-state index is -3.53. The van der Waals surface area contributed by atoms with E-state index in [1.54, 1.807) is 29.2 Å². The molecule has 0 saturated carbocycles. The molecule has 1 atom stereocenters. The molecule has 0 aliphatic rings. The normalized spacial score (nSPS) is 12.1. The predicted molar refractivity (Wildman–Crippen MR) is 157 cm³/mol. The van der Waals surface area contributed by atoms with Crippen LogP contribution in [0.2, 0.25) is 0 Å². The molecule has 0 saturated heterocycles. The number of para-hydroxylation sites is 1. The van der Waals surface area contributed by atoms with Crippen LogP contribution in [0.15, 0.2) is 84.9 Å². The number of hydrogen-bond acceptors (Lipinski definition) is 4. The fourth-order valence-corrected chi connectivity index (χ4v) is 5.47. The van der Waals surface area contributed by atoms with Gasteiger partial charge in [-0.3, -0.25) is 13.9 Å². The summed E-state index contributed by atoms with van der Waals surface area (Å²) in [4.78, 5) is 29.0. The van der Waals surface area contributed by atoms with Crippen molar-refractivity contribution in [2.75, 3.05) is 17.1 Å². The maximum atomic E-state index is 13.8. The summed E-state index contributed by atoms with van der Waals surface area (Å²) < 4.78 is 26.3. The van der Waals surface area contributed by atoms with Crippen LogP contribution in [0.4, 0.5) is 5.69 Å². The highest BCUT2D eigenvalue weighted by molar-refractivity contribution is 7.92. The van der Waals surface area contributed by atoms with Crippen LogP contribution < -0.4 is 9.62 Å². The Balaban J connectivity index is 1.88. The van der Waals surface area contributed by atoms with E-state index < -0.39 is 16.1 Å². The van der Waals surface area contributed by atoms with Gasteiger partial charge in [-0.05, 0) is 56.0 Å². The summed E-state index contributed by atoms with van der Waals surface area (Å²) in [5.74, 6) is -0.405. The zero-order chi connectivity index (χ0) is 28.4. The number of carbonyl (C=O) groups is 2. The number of aryl methyl sites for hydroxylation is 1.